The number of aromatic nitrogens is 8. The number of anilines is 4. The van der Waals surface area contributed by atoms with E-state index in [1.165, 1.54) is 40.6 Å². The Morgan fingerprint density at radius 2 is 0.978 bits per heavy atom. The number of nitrogens with zero attached hydrogens (tertiary/aromatic N) is 13. The first-order valence-corrected chi connectivity index (χ1v) is 29.4. The Bertz CT molecular complexity index is 3840. The Hall–Kier alpha value is -9.76. The summed E-state index contributed by atoms with van der Waals surface area (Å²) in [6, 6.07) is 25.6. The van der Waals surface area contributed by atoms with Crippen molar-refractivity contribution in [2.75, 3.05) is 109 Å². The van der Waals surface area contributed by atoms with Crippen LogP contribution in [0.4, 0.5) is 40.3 Å². The minimum atomic E-state index is -3.67. The Morgan fingerprint density at radius 1 is 0.644 bits per heavy atom. The van der Waals surface area contributed by atoms with Gasteiger partial charge in [0.1, 0.15) is 34.8 Å². The molecule has 0 aliphatic rings. The van der Waals surface area contributed by atoms with E-state index in [-0.39, 0.29) is 36.3 Å². The molecule has 29 heteroatoms. The van der Waals surface area contributed by atoms with Crippen molar-refractivity contribution in [3.8, 4) is 29.2 Å². The van der Waals surface area contributed by atoms with E-state index in [1.54, 1.807) is 93.1 Å². The van der Waals surface area contributed by atoms with Gasteiger partial charge in [-0.05, 0) is 88.9 Å². The molecule has 0 unspecified atom stereocenters. The first kappa shape index (κ1) is 71.0. The van der Waals surface area contributed by atoms with Crippen molar-refractivity contribution in [2.45, 2.75) is 45.7 Å². The van der Waals surface area contributed by atoms with Gasteiger partial charge in [0.15, 0.2) is 0 Å². The van der Waals surface area contributed by atoms with Crippen molar-refractivity contribution in [1.29, 1.82) is 5.26 Å². The van der Waals surface area contributed by atoms with Crippen LogP contribution in [0.2, 0.25) is 0 Å². The van der Waals surface area contributed by atoms with E-state index in [4.69, 9.17) is 19.3 Å². The van der Waals surface area contributed by atoms with Crippen molar-refractivity contribution in [1.82, 2.24) is 48.0 Å². The maximum atomic E-state index is 13.3. The predicted molar refractivity (Wildman–Crippen MR) is 340 cm³/mol. The normalized spacial score (nSPS) is 11.0. The van der Waals surface area contributed by atoms with Crippen LogP contribution >= 0.6 is 0 Å². The number of carbonyl (C=O) groups is 2. The molecule has 3 N–H and O–H groups in total. The summed E-state index contributed by atoms with van der Waals surface area (Å²) in [7, 11) is 11.2. The van der Waals surface area contributed by atoms with Crippen molar-refractivity contribution >= 4 is 66.7 Å². The molecule has 480 valence electrons. The van der Waals surface area contributed by atoms with E-state index >= 15 is 0 Å². The first-order valence-electron chi connectivity index (χ1n) is 27.5. The van der Waals surface area contributed by atoms with Gasteiger partial charge >= 0.3 is 11.4 Å². The molecule has 0 spiro atoms. The first-order chi connectivity index (χ1) is 42.7. The molecule has 2 amide bonds. The molecule has 8 aromatic rings. The smallest absolute Gasteiger partial charge is 0.335 e. The van der Waals surface area contributed by atoms with E-state index in [0.717, 1.165) is 33.6 Å². The summed E-state index contributed by atoms with van der Waals surface area (Å²) in [6.45, 7) is 10.1. The third kappa shape index (κ3) is 19.6. The molecule has 4 heterocycles. The number of hydrogen-bond donors (Lipinski definition) is 3. The molecule has 0 radical (unpaired) electrons. The van der Waals surface area contributed by atoms with Gasteiger partial charge in [0.05, 0.1) is 84.5 Å². The maximum Gasteiger partial charge on any atom is 0.335 e. The number of amides is 2. The number of nitrogens with one attached hydrogen (secondary N) is 2. The summed E-state index contributed by atoms with van der Waals surface area (Å²) in [5.41, 5.74) is 4.49. The van der Waals surface area contributed by atoms with Gasteiger partial charge < -0.3 is 39.7 Å². The van der Waals surface area contributed by atoms with E-state index < -0.39 is 47.4 Å². The zero-order valence-corrected chi connectivity index (χ0v) is 52.4. The van der Waals surface area contributed by atoms with E-state index in [2.05, 4.69) is 53.5 Å². The van der Waals surface area contributed by atoms with Crippen molar-refractivity contribution in [3.05, 3.63) is 166 Å². The maximum absolute atomic E-state index is 13.3. The monoisotopic (exact) mass is 1270 g/mol. The topological polar surface area (TPSA) is 273 Å². The lowest BCUT2D eigenvalue weighted by Crippen LogP contribution is -2.29. The summed E-state index contributed by atoms with van der Waals surface area (Å²) in [5, 5.41) is 13.1. The average molecular weight is 1270 g/mol. The van der Waals surface area contributed by atoms with Crippen molar-refractivity contribution in [2.24, 2.45) is 0 Å². The molecule has 0 aliphatic carbocycles. The fourth-order valence-corrected chi connectivity index (χ4v) is 9.05. The number of para-hydroxylation sites is 4. The number of methoxy groups -OCH3 is 2. The van der Waals surface area contributed by atoms with Crippen LogP contribution in [0.3, 0.4) is 0 Å². The molecule has 4 aromatic carbocycles. The molecule has 4 aromatic heterocycles. The quantitative estimate of drug-likeness (QED) is 0.0307. The van der Waals surface area contributed by atoms with Crippen LogP contribution in [-0.4, -0.2) is 175 Å². The number of nitriles is 1. The molecular formula is C61H73F4N15O9S. The van der Waals surface area contributed by atoms with Gasteiger partial charge in [0.2, 0.25) is 11.8 Å². The van der Waals surface area contributed by atoms with Gasteiger partial charge in [-0.15, -0.1) is 0 Å². The summed E-state index contributed by atoms with van der Waals surface area (Å²) in [4.78, 5) is 77.1. The van der Waals surface area contributed by atoms with E-state index in [9.17, 15) is 45.2 Å². The van der Waals surface area contributed by atoms with Gasteiger partial charge in [0.25, 0.3) is 23.0 Å². The van der Waals surface area contributed by atoms with Gasteiger partial charge in [-0.25, -0.2) is 56.2 Å². The molecule has 0 saturated carbocycles. The molecular weight excluding hydrogens is 1190 g/mol. The third-order valence-electron chi connectivity index (χ3n) is 13.1. The molecule has 24 nitrogen and oxygen atoms in total. The number of carbonyl (C=O) groups excluding carboxylic acids is 2. The summed E-state index contributed by atoms with van der Waals surface area (Å²) in [5.74, 6) is 1.65. The SMILES string of the molecule is C=CC(=O)Nc1cc(Cc2nccc(-n3c(=O)n(CC(F)F)c4ccccc43)n2)c(OC)cc1N(C)CCN(C)C.C=CC(=O)Nc1cc(Cc2nccc(-n3c(=O)n(CC(F)F)c4ccccc43)n2)c(OC)cc1N(C)CCN(C)C.CC#N.CS(=O)(=O)O. The predicted octanol–water partition coefficient (Wildman–Crippen LogP) is 7.17. The summed E-state index contributed by atoms with van der Waals surface area (Å²) < 4.78 is 95.0. The lowest BCUT2D eigenvalue weighted by molar-refractivity contribution is -0.112. The van der Waals surface area contributed by atoms with E-state index in [0.29, 0.717) is 87.1 Å². The highest BCUT2D eigenvalue weighted by Crippen LogP contribution is 2.36. The van der Waals surface area contributed by atoms with Gasteiger partial charge in [-0.3, -0.25) is 23.3 Å². The lowest BCUT2D eigenvalue weighted by Gasteiger charge is -2.25. The molecule has 0 atom stereocenters. The van der Waals surface area contributed by atoms with E-state index in [1.807, 2.05) is 64.2 Å². The fourth-order valence-electron chi connectivity index (χ4n) is 9.05. The van der Waals surface area contributed by atoms with Gasteiger partial charge in [-0.1, -0.05) is 37.4 Å². The molecule has 90 heavy (non-hydrogen) atoms. The number of fused-ring (bicyclic) bond motifs is 2. The van der Waals surface area contributed by atoms with Crippen LogP contribution in [-0.2, 0) is 45.6 Å². The Morgan fingerprint density at radius 3 is 1.28 bits per heavy atom. The Balaban J connectivity index is 0.000000292. The van der Waals surface area contributed by atoms with Crippen molar-refractivity contribution in [3.63, 3.8) is 0 Å². The minimum Gasteiger partial charge on any atom is -0.496 e. The zero-order valence-electron chi connectivity index (χ0n) is 51.6. The molecule has 0 saturated heterocycles. The molecule has 8 rings (SSSR count). The van der Waals surface area contributed by atoms with Crippen LogP contribution in [0.5, 0.6) is 11.5 Å². The standard InChI is InChI=1S/2C29H33F2N7O3.C2H3N.CH4O3S/c2*1-6-28(39)33-20-15-19(24(41-5)17-23(20)36(4)14-13-35(2)3)16-26-32-12-11-27(34-26)38-22-10-8-7-9-21(22)37(29(38)40)18-25(30)31;1-2-3;1-5(2,3)4/h2*6-12,15,17,25H,1,13-14,16,18H2,2-5H3,(H,33,39);1H3;1H3,(H,2,3,4). The van der Waals surface area contributed by atoms with Crippen LogP contribution < -0.4 is 41.3 Å². The van der Waals surface area contributed by atoms with Gasteiger partial charge in [-0.2, -0.15) is 13.7 Å². The second-order valence-electron chi connectivity index (χ2n) is 20.4. The summed E-state index contributed by atoms with van der Waals surface area (Å²) in [6.07, 6.45) is 1.17. The fraction of sp³-hybridized carbons (Fsp3) is 0.328. The second-order valence-corrected chi connectivity index (χ2v) is 21.9. The number of rotatable bonds is 24. The summed E-state index contributed by atoms with van der Waals surface area (Å²) >= 11 is 0. The highest BCUT2D eigenvalue weighted by molar-refractivity contribution is 7.85. The number of ether oxygens (including phenoxy) is 2. The number of hydrogen-bond acceptors (Lipinski definition) is 17. The zero-order chi connectivity index (χ0) is 66.6. The van der Waals surface area contributed by atoms with Gasteiger partial charge in [0, 0.05) is 95.7 Å². The molecule has 0 fully saturated rings. The van der Waals surface area contributed by atoms with Crippen molar-refractivity contribution < 1.29 is 49.6 Å². The number of halogens is 4. The lowest BCUT2D eigenvalue weighted by atomic mass is 10.1. The van der Waals surface area contributed by atoms with Crippen LogP contribution in [0.1, 0.15) is 29.7 Å². The largest absolute Gasteiger partial charge is 0.496 e. The highest BCUT2D eigenvalue weighted by Gasteiger charge is 2.23. The Labute approximate surface area is 518 Å². The molecule has 0 aliphatic heterocycles. The number of benzene rings is 4. The number of likely N-dealkylation sites (N-methyl/N-ethyl adjacent to an activating group) is 4. The third-order valence-corrected chi connectivity index (χ3v) is 13.1. The number of imidazole rings is 2. The van der Waals surface area contributed by atoms with Crippen LogP contribution in [0.25, 0.3) is 33.7 Å². The molecule has 0 bridgehead atoms. The Kier molecular flexibility index (Phi) is 26.0. The second kappa shape index (κ2) is 33.0. The highest BCUT2D eigenvalue weighted by atomic mass is 32.2. The minimum absolute atomic E-state index is 0.208. The van der Waals surface area contributed by atoms with Crippen LogP contribution in [0.15, 0.2) is 132 Å². The van der Waals surface area contributed by atoms with Crippen LogP contribution in [0, 0.1) is 11.3 Å². The number of alkyl halides is 4. The average Bonchev–Trinajstić information content (AvgIpc) is 1.60.